The molecule has 0 saturated heterocycles. The van der Waals surface area contributed by atoms with Crippen molar-refractivity contribution in [2.45, 2.75) is 0 Å². The van der Waals surface area contributed by atoms with Crippen molar-refractivity contribution in [2.24, 2.45) is 0 Å². The van der Waals surface area contributed by atoms with Gasteiger partial charge in [0.05, 0.1) is 0 Å². The standard InChI is InChI=1S/C27H17N5/c28-26-25-27(30-14-29-26)32-22(31-25)13-11-15-10-12-21-19-8-2-5-16-4-1-7-18(23(16)19)20-9-3-6-17(15)24(20)21/h1-14H,(H3,28,29,30,31,32)/b13-11+. The SMILES string of the molecule is Nc1ncnc2nc(/C=C/c3ccc4c5cccc6cccc(c7cccc3c74)c65)[nH]c12. The summed E-state index contributed by atoms with van der Waals surface area (Å²) in [5.41, 5.74) is 8.30. The van der Waals surface area contributed by atoms with Crippen molar-refractivity contribution in [1.29, 1.82) is 0 Å². The lowest BCUT2D eigenvalue weighted by Gasteiger charge is -2.15. The first-order valence-electron chi connectivity index (χ1n) is 10.5. The molecular weight excluding hydrogens is 394 g/mol. The number of aromatic nitrogens is 4. The molecule has 0 atom stereocenters. The van der Waals surface area contributed by atoms with E-state index in [1.807, 2.05) is 6.08 Å². The van der Waals surface area contributed by atoms with Crippen LogP contribution in [-0.4, -0.2) is 19.9 Å². The Balaban J connectivity index is 1.49. The number of nitrogens with one attached hydrogen (secondary N) is 1. The van der Waals surface area contributed by atoms with Gasteiger partial charge in [-0.05, 0) is 54.7 Å². The Hall–Kier alpha value is -4.51. The van der Waals surface area contributed by atoms with Gasteiger partial charge in [0.1, 0.15) is 17.7 Å². The summed E-state index contributed by atoms with van der Waals surface area (Å²) in [6, 6.07) is 24.1. The van der Waals surface area contributed by atoms with Crippen molar-refractivity contribution in [3.63, 3.8) is 0 Å². The molecule has 5 heteroatoms. The zero-order chi connectivity index (χ0) is 21.2. The van der Waals surface area contributed by atoms with Crippen LogP contribution >= 0.6 is 0 Å². The first kappa shape index (κ1) is 17.2. The van der Waals surface area contributed by atoms with E-state index in [0.29, 0.717) is 22.8 Å². The highest BCUT2D eigenvalue weighted by molar-refractivity contribution is 6.33. The predicted octanol–water partition coefficient (Wildman–Crippen LogP) is 6.16. The van der Waals surface area contributed by atoms with Crippen LogP contribution in [-0.2, 0) is 0 Å². The van der Waals surface area contributed by atoms with Crippen molar-refractivity contribution < 1.29 is 0 Å². The third-order valence-corrected chi connectivity index (χ3v) is 6.32. The van der Waals surface area contributed by atoms with Gasteiger partial charge in [0, 0.05) is 0 Å². The van der Waals surface area contributed by atoms with Crippen LogP contribution in [0.15, 0.2) is 73.1 Å². The van der Waals surface area contributed by atoms with Gasteiger partial charge >= 0.3 is 0 Å². The predicted molar refractivity (Wildman–Crippen MR) is 133 cm³/mol. The van der Waals surface area contributed by atoms with Crippen molar-refractivity contribution in [3.05, 3.63) is 84.4 Å². The van der Waals surface area contributed by atoms with E-state index in [0.717, 1.165) is 5.56 Å². The number of nitrogens with two attached hydrogens (primary N) is 1. The minimum absolute atomic E-state index is 0.400. The molecule has 0 fully saturated rings. The van der Waals surface area contributed by atoms with Gasteiger partial charge in [-0.3, -0.25) is 0 Å². The number of anilines is 1. The van der Waals surface area contributed by atoms with E-state index >= 15 is 0 Å². The van der Waals surface area contributed by atoms with E-state index in [4.69, 9.17) is 5.73 Å². The van der Waals surface area contributed by atoms with Crippen LogP contribution in [0, 0.1) is 0 Å². The van der Waals surface area contributed by atoms with Crippen LogP contribution in [0.25, 0.3) is 66.4 Å². The van der Waals surface area contributed by atoms with E-state index in [1.165, 1.54) is 49.4 Å². The van der Waals surface area contributed by atoms with Crippen molar-refractivity contribution >= 4 is 72.2 Å². The Kier molecular flexibility index (Phi) is 3.36. The Morgan fingerprint density at radius 1 is 0.688 bits per heavy atom. The van der Waals surface area contributed by atoms with Crippen molar-refractivity contribution in [1.82, 2.24) is 19.9 Å². The van der Waals surface area contributed by atoms with Crippen LogP contribution in [0.5, 0.6) is 0 Å². The normalized spacial score (nSPS) is 12.4. The molecule has 150 valence electrons. The number of hydrogen-bond acceptors (Lipinski definition) is 4. The lowest BCUT2D eigenvalue weighted by atomic mass is 9.88. The number of fused-ring (bicyclic) bond motifs is 3. The summed E-state index contributed by atoms with van der Waals surface area (Å²) in [4.78, 5) is 15.9. The van der Waals surface area contributed by atoms with Gasteiger partial charge in [-0.15, -0.1) is 0 Å². The minimum Gasteiger partial charge on any atom is -0.382 e. The molecule has 0 bridgehead atoms. The number of benzene rings is 5. The van der Waals surface area contributed by atoms with Crippen LogP contribution in [0.4, 0.5) is 5.82 Å². The highest BCUT2D eigenvalue weighted by atomic mass is 15.0. The van der Waals surface area contributed by atoms with Gasteiger partial charge in [0.25, 0.3) is 0 Å². The number of nitrogen functional groups attached to an aromatic ring is 1. The third kappa shape index (κ3) is 2.30. The lowest BCUT2D eigenvalue weighted by Crippen LogP contribution is -1.91. The van der Waals surface area contributed by atoms with E-state index in [9.17, 15) is 0 Å². The number of rotatable bonds is 2. The molecule has 0 unspecified atom stereocenters. The van der Waals surface area contributed by atoms with Gasteiger partial charge < -0.3 is 10.7 Å². The van der Waals surface area contributed by atoms with Crippen LogP contribution in [0.2, 0.25) is 0 Å². The molecule has 0 aliphatic rings. The zero-order valence-corrected chi connectivity index (χ0v) is 17.0. The molecule has 32 heavy (non-hydrogen) atoms. The van der Waals surface area contributed by atoms with Gasteiger partial charge in [-0.1, -0.05) is 72.8 Å². The largest absolute Gasteiger partial charge is 0.382 e. The number of hydrogen-bond donors (Lipinski definition) is 2. The molecule has 7 aromatic rings. The molecule has 2 aromatic heterocycles. The van der Waals surface area contributed by atoms with E-state index in [1.54, 1.807) is 0 Å². The van der Waals surface area contributed by atoms with Gasteiger partial charge in [0.2, 0.25) is 0 Å². The number of H-pyrrole nitrogens is 1. The Bertz CT molecular complexity index is 1790. The monoisotopic (exact) mass is 411 g/mol. The summed E-state index contributed by atoms with van der Waals surface area (Å²) >= 11 is 0. The van der Waals surface area contributed by atoms with Gasteiger partial charge in [0.15, 0.2) is 11.5 Å². The molecule has 5 aromatic carbocycles. The molecule has 3 N–H and O–H groups in total. The maximum Gasteiger partial charge on any atom is 0.183 e. The molecule has 0 amide bonds. The molecule has 2 heterocycles. The highest BCUT2D eigenvalue weighted by Gasteiger charge is 2.13. The second-order valence-electron chi connectivity index (χ2n) is 8.05. The van der Waals surface area contributed by atoms with Crippen LogP contribution < -0.4 is 5.73 Å². The second kappa shape index (κ2) is 6.25. The Morgan fingerprint density at radius 3 is 2.16 bits per heavy atom. The third-order valence-electron chi connectivity index (χ3n) is 6.32. The molecule has 0 aliphatic carbocycles. The number of imidazole rings is 1. The average Bonchev–Trinajstić information content (AvgIpc) is 3.26. The maximum absolute atomic E-state index is 5.93. The first-order valence-corrected chi connectivity index (χ1v) is 10.5. The van der Waals surface area contributed by atoms with Gasteiger partial charge in [-0.2, -0.15) is 0 Å². The Labute approximate surface area is 182 Å². The van der Waals surface area contributed by atoms with Crippen molar-refractivity contribution in [3.8, 4) is 0 Å². The van der Waals surface area contributed by atoms with Crippen LogP contribution in [0.3, 0.4) is 0 Å². The zero-order valence-electron chi connectivity index (χ0n) is 17.0. The average molecular weight is 411 g/mol. The molecule has 5 nitrogen and oxygen atoms in total. The Morgan fingerprint density at radius 2 is 1.38 bits per heavy atom. The fraction of sp³-hybridized carbons (Fsp3) is 0. The summed E-state index contributed by atoms with van der Waals surface area (Å²) in [7, 11) is 0. The van der Waals surface area contributed by atoms with E-state index in [2.05, 4.69) is 92.7 Å². The molecule has 0 saturated carbocycles. The summed E-state index contributed by atoms with van der Waals surface area (Å²) in [6.07, 6.45) is 5.48. The molecular formula is C27H17N5. The molecule has 0 spiro atoms. The summed E-state index contributed by atoms with van der Waals surface area (Å²) in [5, 5.41) is 10.3. The summed E-state index contributed by atoms with van der Waals surface area (Å²) < 4.78 is 0. The number of aromatic amines is 1. The molecule has 7 rings (SSSR count). The van der Waals surface area contributed by atoms with Crippen LogP contribution in [0.1, 0.15) is 11.4 Å². The number of nitrogens with zero attached hydrogens (tertiary/aromatic N) is 3. The van der Waals surface area contributed by atoms with E-state index in [-0.39, 0.29) is 0 Å². The summed E-state index contributed by atoms with van der Waals surface area (Å²) in [5.74, 6) is 1.10. The van der Waals surface area contributed by atoms with Gasteiger partial charge in [-0.25, -0.2) is 15.0 Å². The fourth-order valence-corrected chi connectivity index (χ4v) is 4.93. The fourth-order valence-electron chi connectivity index (χ4n) is 4.93. The maximum atomic E-state index is 5.93. The lowest BCUT2D eigenvalue weighted by molar-refractivity contribution is 1.20. The van der Waals surface area contributed by atoms with Crippen molar-refractivity contribution in [2.75, 3.05) is 5.73 Å². The van der Waals surface area contributed by atoms with E-state index < -0.39 is 0 Å². The first-order chi connectivity index (χ1) is 15.8. The summed E-state index contributed by atoms with van der Waals surface area (Å²) in [6.45, 7) is 0. The second-order valence-corrected chi connectivity index (χ2v) is 8.05. The quantitative estimate of drug-likeness (QED) is 0.264. The minimum atomic E-state index is 0.400. The highest BCUT2D eigenvalue weighted by Crippen LogP contribution is 2.41. The molecule has 0 aliphatic heterocycles. The molecule has 0 radical (unpaired) electrons. The smallest absolute Gasteiger partial charge is 0.183 e. The topological polar surface area (TPSA) is 80.5 Å².